The maximum Gasteiger partial charge on any atom is 0.197 e. The molecule has 0 aromatic carbocycles. The van der Waals surface area contributed by atoms with Crippen LogP contribution in [0.3, 0.4) is 0 Å². The molecule has 17 heavy (non-hydrogen) atoms. The van der Waals surface area contributed by atoms with Gasteiger partial charge in [0.05, 0.1) is 0 Å². The average molecular weight is 249 g/mol. The molecule has 2 aromatic rings. The molecule has 3 N–H and O–H groups in total. The molecule has 0 spiro atoms. The lowest BCUT2D eigenvalue weighted by atomic mass is 10.3. The number of nitrogens with two attached hydrogens (primary N) is 1. The van der Waals surface area contributed by atoms with Crippen LogP contribution in [0, 0.1) is 0 Å². The topological polar surface area (TPSA) is 67.1 Å². The van der Waals surface area contributed by atoms with Crippen LogP contribution >= 0.6 is 11.3 Å². The van der Waals surface area contributed by atoms with Crippen LogP contribution in [-0.4, -0.2) is 21.9 Å². The molecule has 6 heteroatoms. The van der Waals surface area contributed by atoms with Crippen LogP contribution in [-0.2, 0) is 13.1 Å². The molecule has 0 aliphatic carbocycles. The van der Waals surface area contributed by atoms with Crippen molar-refractivity contribution in [2.24, 2.45) is 5.84 Å². The number of pyridine rings is 1. The van der Waals surface area contributed by atoms with E-state index in [4.69, 9.17) is 5.84 Å². The highest BCUT2D eigenvalue weighted by molar-refractivity contribution is 7.15. The van der Waals surface area contributed by atoms with Gasteiger partial charge >= 0.3 is 0 Å². The quantitative estimate of drug-likeness (QED) is 0.620. The summed E-state index contributed by atoms with van der Waals surface area (Å²) in [6.07, 6.45) is 5.52. The van der Waals surface area contributed by atoms with Crippen LogP contribution in [0.2, 0.25) is 0 Å². The second-order valence-electron chi connectivity index (χ2n) is 3.81. The zero-order valence-electron chi connectivity index (χ0n) is 9.63. The molecule has 0 saturated carbocycles. The van der Waals surface area contributed by atoms with Gasteiger partial charge in [-0.2, -0.15) is 0 Å². The Hall–Kier alpha value is -1.50. The number of nitrogen functional groups attached to an aromatic ring is 1. The smallest absolute Gasteiger partial charge is 0.197 e. The van der Waals surface area contributed by atoms with Gasteiger partial charge in [-0.05, 0) is 18.7 Å². The molecule has 5 nitrogen and oxygen atoms in total. The third kappa shape index (κ3) is 3.48. The molecule has 0 amide bonds. The summed E-state index contributed by atoms with van der Waals surface area (Å²) in [5.41, 5.74) is 3.75. The minimum atomic E-state index is 0.745. The first-order chi connectivity index (χ1) is 8.28. The number of hydrazine groups is 1. The first kappa shape index (κ1) is 12.0. The molecule has 0 fully saturated rings. The van der Waals surface area contributed by atoms with Gasteiger partial charge in [0.1, 0.15) is 0 Å². The minimum absolute atomic E-state index is 0.745. The Morgan fingerprint density at radius 3 is 2.94 bits per heavy atom. The fraction of sp³-hybridized carbons (Fsp3) is 0.273. The van der Waals surface area contributed by atoms with Gasteiger partial charge in [-0.25, -0.2) is 10.8 Å². The van der Waals surface area contributed by atoms with Crippen LogP contribution in [0.5, 0.6) is 0 Å². The summed E-state index contributed by atoms with van der Waals surface area (Å²) in [7, 11) is 2.07. The number of nitrogens with one attached hydrogen (secondary N) is 1. The van der Waals surface area contributed by atoms with Gasteiger partial charge in [0.2, 0.25) is 0 Å². The largest absolute Gasteiger partial charge is 0.300 e. The van der Waals surface area contributed by atoms with Gasteiger partial charge in [0.25, 0.3) is 0 Å². The predicted octanol–water partition coefficient (Wildman–Crippen LogP) is 1.46. The number of nitrogens with zero attached hydrogens (tertiary/aromatic N) is 3. The average Bonchev–Trinajstić information content (AvgIpc) is 2.78. The lowest BCUT2D eigenvalue weighted by molar-refractivity contribution is 0.321. The van der Waals surface area contributed by atoms with E-state index in [2.05, 4.69) is 33.4 Å². The van der Waals surface area contributed by atoms with E-state index >= 15 is 0 Å². The fourth-order valence-corrected chi connectivity index (χ4v) is 2.38. The van der Waals surface area contributed by atoms with E-state index in [1.54, 1.807) is 17.5 Å². The van der Waals surface area contributed by atoms with Gasteiger partial charge in [-0.1, -0.05) is 17.4 Å². The molecule has 0 unspecified atom stereocenters. The Kier molecular flexibility index (Phi) is 4.03. The molecule has 90 valence electrons. The molecule has 2 aromatic heterocycles. The van der Waals surface area contributed by atoms with E-state index in [1.807, 2.05) is 18.5 Å². The lowest BCUT2D eigenvalue weighted by Crippen LogP contribution is -2.16. The van der Waals surface area contributed by atoms with Crippen molar-refractivity contribution in [1.82, 2.24) is 14.9 Å². The summed E-state index contributed by atoms with van der Waals surface area (Å²) in [6, 6.07) is 4.02. The standard InChI is InChI=1S/C11H15N5S/c1-16(7-9-3-2-4-13-5-9)8-10-6-14-11(15-12)17-10/h2-6H,7-8,12H2,1H3,(H,14,15). The lowest BCUT2D eigenvalue weighted by Gasteiger charge is -2.14. The zero-order chi connectivity index (χ0) is 12.1. The van der Waals surface area contributed by atoms with Crippen molar-refractivity contribution in [3.63, 3.8) is 0 Å². The summed E-state index contributed by atoms with van der Waals surface area (Å²) in [6.45, 7) is 1.73. The molecule has 2 heterocycles. The maximum atomic E-state index is 5.29. The molecular formula is C11H15N5S. The number of hydrogen-bond donors (Lipinski definition) is 2. The van der Waals surface area contributed by atoms with Crippen LogP contribution in [0.4, 0.5) is 5.13 Å². The minimum Gasteiger partial charge on any atom is -0.300 e. The van der Waals surface area contributed by atoms with Gasteiger partial charge in [-0.3, -0.25) is 15.3 Å². The van der Waals surface area contributed by atoms with Gasteiger partial charge < -0.3 is 0 Å². The monoisotopic (exact) mass is 249 g/mol. The molecule has 0 radical (unpaired) electrons. The Morgan fingerprint density at radius 2 is 2.29 bits per heavy atom. The van der Waals surface area contributed by atoms with E-state index in [1.165, 1.54) is 10.4 Å². The third-order valence-electron chi connectivity index (χ3n) is 2.28. The summed E-state index contributed by atoms with van der Waals surface area (Å²) in [5.74, 6) is 5.29. The van der Waals surface area contributed by atoms with Crippen molar-refractivity contribution in [1.29, 1.82) is 0 Å². The SMILES string of the molecule is CN(Cc1cccnc1)Cc1cnc(NN)s1. The molecule has 2 rings (SSSR count). The molecule has 0 saturated heterocycles. The summed E-state index contributed by atoms with van der Waals surface area (Å²) in [4.78, 5) is 11.6. The van der Waals surface area contributed by atoms with Gasteiger partial charge in [0, 0.05) is 36.6 Å². The molecule has 0 aliphatic rings. The highest BCUT2D eigenvalue weighted by Gasteiger charge is 2.05. The number of hydrogen-bond acceptors (Lipinski definition) is 6. The van der Waals surface area contributed by atoms with Crippen LogP contribution in [0.1, 0.15) is 10.4 Å². The van der Waals surface area contributed by atoms with Crippen molar-refractivity contribution in [3.05, 3.63) is 41.2 Å². The van der Waals surface area contributed by atoms with E-state index in [-0.39, 0.29) is 0 Å². The Labute approximate surface area is 104 Å². The second-order valence-corrected chi connectivity index (χ2v) is 4.92. The van der Waals surface area contributed by atoms with Crippen LogP contribution in [0.15, 0.2) is 30.7 Å². The zero-order valence-corrected chi connectivity index (χ0v) is 10.4. The van der Waals surface area contributed by atoms with Gasteiger partial charge in [-0.15, -0.1) is 0 Å². The number of rotatable bonds is 5. The summed E-state index contributed by atoms with van der Waals surface area (Å²) in [5, 5.41) is 0.745. The van der Waals surface area contributed by atoms with E-state index in [0.717, 1.165) is 18.2 Å². The van der Waals surface area contributed by atoms with Crippen LogP contribution in [0.25, 0.3) is 0 Å². The summed E-state index contributed by atoms with van der Waals surface area (Å²) < 4.78 is 0. The number of thiazole rings is 1. The van der Waals surface area contributed by atoms with Crippen molar-refractivity contribution < 1.29 is 0 Å². The highest BCUT2D eigenvalue weighted by Crippen LogP contribution is 2.18. The fourth-order valence-electron chi connectivity index (χ4n) is 1.57. The number of aromatic nitrogens is 2. The molecular weight excluding hydrogens is 234 g/mol. The molecule has 0 bridgehead atoms. The Balaban J connectivity index is 1.91. The highest BCUT2D eigenvalue weighted by atomic mass is 32.1. The van der Waals surface area contributed by atoms with E-state index < -0.39 is 0 Å². The molecule has 0 atom stereocenters. The van der Waals surface area contributed by atoms with Gasteiger partial charge in [0.15, 0.2) is 5.13 Å². The molecule has 0 aliphatic heterocycles. The second kappa shape index (κ2) is 5.72. The number of anilines is 1. The van der Waals surface area contributed by atoms with Crippen molar-refractivity contribution in [2.45, 2.75) is 13.1 Å². The van der Waals surface area contributed by atoms with Crippen molar-refractivity contribution >= 4 is 16.5 Å². The first-order valence-corrected chi connectivity index (χ1v) is 6.08. The maximum absolute atomic E-state index is 5.29. The normalized spacial score (nSPS) is 10.8. The van der Waals surface area contributed by atoms with E-state index in [0.29, 0.717) is 0 Å². The van der Waals surface area contributed by atoms with Crippen molar-refractivity contribution in [2.75, 3.05) is 12.5 Å². The van der Waals surface area contributed by atoms with Crippen molar-refractivity contribution in [3.8, 4) is 0 Å². The van der Waals surface area contributed by atoms with Crippen LogP contribution < -0.4 is 11.3 Å². The predicted molar refractivity (Wildman–Crippen MR) is 69.3 cm³/mol. The third-order valence-corrected chi connectivity index (χ3v) is 3.19. The Morgan fingerprint density at radius 1 is 1.41 bits per heavy atom. The Bertz CT molecular complexity index is 456. The summed E-state index contributed by atoms with van der Waals surface area (Å²) >= 11 is 1.57. The first-order valence-electron chi connectivity index (χ1n) is 5.26. The van der Waals surface area contributed by atoms with E-state index in [9.17, 15) is 0 Å².